The van der Waals surface area contributed by atoms with Crippen LogP contribution in [0.25, 0.3) is 0 Å². The second-order valence-electron chi connectivity index (χ2n) is 6.40. The molecule has 1 aromatic carbocycles. The Morgan fingerprint density at radius 3 is 2.35 bits per heavy atom. The number of nitrogens with zero attached hydrogens (tertiary/aromatic N) is 1. The van der Waals surface area contributed by atoms with Gasteiger partial charge in [-0.2, -0.15) is 0 Å². The first-order chi connectivity index (χ1) is 12.3. The van der Waals surface area contributed by atoms with Gasteiger partial charge in [-0.1, -0.05) is 18.2 Å². The average molecular weight is 365 g/mol. The molecule has 2 saturated heterocycles. The maximum absolute atomic E-state index is 12.3. The van der Waals surface area contributed by atoms with Crippen LogP contribution >= 0.6 is 0 Å². The molecule has 3 N–H and O–H groups in total. The summed E-state index contributed by atoms with van der Waals surface area (Å²) in [6.07, 6.45) is 2.26. The standard InChI is InChI=1S/C17H21NO4.BH3O3/c1-18-12-8-9-13(18)15(17(20)21-2)14(10-12)22-16(19)11-6-4-3-5-7-11;2-1(3)4/h3-7,12-15H,8-10H2,1-2H3;2-4H/t12-,13+,14-,15+;/m0./s1. The lowest BCUT2D eigenvalue weighted by molar-refractivity contribution is -0.156. The van der Waals surface area contributed by atoms with Gasteiger partial charge in [-0.05, 0) is 32.0 Å². The zero-order chi connectivity index (χ0) is 19.3. The minimum absolute atomic E-state index is 0.0970. The fourth-order valence-corrected chi connectivity index (χ4v) is 3.77. The lowest BCUT2D eigenvalue weighted by Gasteiger charge is -2.40. The highest BCUT2D eigenvalue weighted by molar-refractivity contribution is 6.30. The van der Waals surface area contributed by atoms with E-state index in [0.29, 0.717) is 18.0 Å². The molecule has 142 valence electrons. The van der Waals surface area contributed by atoms with Crippen LogP contribution in [0.15, 0.2) is 30.3 Å². The third-order valence-electron chi connectivity index (χ3n) is 4.96. The SMILES string of the molecule is COC(=O)[C@H]1[C@@H](OC(=O)c2ccccc2)C[C@@H]2CC[C@H]1N2C.OB(O)O. The minimum Gasteiger partial charge on any atom is -0.469 e. The van der Waals surface area contributed by atoms with Gasteiger partial charge in [0.05, 0.1) is 12.7 Å². The highest BCUT2D eigenvalue weighted by Gasteiger charge is 2.50. The van der Waals surface area contributed by atoms with Gasteiger partial charge in [0.15, 0.2) is 0 Å². The van der Waals surface area contributed by atoms with Crippen LogP contribution in [0.4, 0.5) is 0 Å². The van der Waals surface area contributed by atoms with Gasteiger partial charge in [0, 0.05) is 18.5 Å². The number of hydrogen-bond acceptors (Lipinski definition) is 8. The van der Waals surface area contributed by atoms with Gasteiger partial charge in [-0.25, -0.2) is 4.79 Å². The number of carbonyl (C=O) groups excluding carboxylic acids is 2. The van der Waals surface area contributed by atoms with Gasteiger partial charge < -0.3 is 24.5 Å². The summed E-state index contributed by atoms with van der Waals surface area (Å²) in [6.45, 7) is 0. The minimum atomic E-state index is -2.17. The van der Waals surface area contributed by atoms with E-state index in [1.807, 2.05) is 13.1 Å². The van der Waals surface area contributed by atoms with Crippen molar-refractivity contribution in [1.82, 2.24) is 4.90 Å². The maximum Gasteiger partial charge on any atom is 0.631 e. The zero-order valence-electron chi connectivity index (χ0n) is 14.8. The van der Waals surface area contributed by atoms with Crippen molar-refractivity contribution in [2.75, 3.05) is 14.2 Å². The summed E-state index contributed by atoms with van der Waals surface area (Å²) in [6, 6.07) is 9.36. The van der Waals surface area contributed by atoms with Crippen molar-refractivity contribution >= 4 is 19.3 Å². The topological polar surface area (TPSA) is 117 Å². The summed E-state index contributed by atoms with van der Waals surface area (Å²) in [5, 5.41) is 21.5. The molecule has 3 rings (SSSR count). The third kappa shape index (κ3) is 4.82. The van der Waals surface area contributed by atoms with Crippen molar-refractivity contribution in [3.05, 3.63) is 35.9 Å². The predicted octanol–water partition coefficient (Wildman–Crippen LogP) is -0.184. The number of rotatable bonds is 3. The van der Waals surface area contributed by atoms with Crippen molar-refractivity contribution in [2.24, 2.45) is 5.92 Å². The molecule has 1 aromatic rings. The highest BCUT2D eigenvalue weighted by Crippen LogP contribution is 2.40. The van der Waals surface area contributed by atoms with E-state index in [1.54, 1.807) is 24.3 Å². The summed E-state index contributed by atoms with van der Waals surface area (Å²) in [7, 11) is 1.26. The van der Waals surface area contributed by atoms with Gasteiger partial charge in [0.1, 0.15) is 12.0 Å². The molecule has 0 aliphatic carbocycles. The smallest absolute Gasteiger partial charge is 0.469 e. The maximum atomic E-state index is 12.3. The summed E-state index contributed by atoms with van der Waals surface area (Å²) in [5.41, 5.74) is 0.511. The number of ether oxygens (including phenoxy) is 2. The molecule has 2 heterocycles. The number of benzene rings is 1. The predicted molar refractivity (Wildman–Crippen MR) is 92.8 cm³/mol. The van der Waals surface area contributed by atoms with Crippen LogP contribution in [0.3, 0.4) is 0 Å². The molecule has 0 unspecified atom stereocenters. The van der Waals surface area contributed by atoms with E-state index in [0.717, 1.165) is 12.8 Å². The molecule has 0 amide bonds. The van der Waals surface area contributed by atoms with Gasteiger partial charge in [0.2, 0.25) is 0 Å². The Bertz CT molecular complexity index is 610. The molecule has 26 heavy (non-hydrogen) atoms. The van der Waals surface area contributed by atoms with Crippen molar-refractivity contribution in [1.29, 1.82) is 0 Å². The number of fused-ring (bicyclic) bond motifs is 2. The summed E-state index contributed by atoms with van der Waals surface area (Å²) >= 11 is 0. The van der Waals surface area contributed by atoms with E-state index in [1.165, 1.54) is 7.11 Å². The molecule has 8 nitrogen and oxygen atoms in total. The van der Waals surface area contributed by atoms with Crippen LogP contribution in [0.2, 0.25) is 0 Å². The Balaban J connectivity index is 0.000000552. The van der Waals surface area contributed by atoms with E-state index in [2.05, 4.69) is 4.90 Å². The lowest BCUT2D eigenvalue weighted by Crippen LogP contribution is -2.53. The van der Waals surface area contributed by atoms with Crippen molar-refractivity contribution in [3.8, 4) is 0 Å². The molecule has 0 aromatic heterocycles. The molecule has 4 atom stereocenters. The van der Waals surface area contributed by atoms with Crippen molar-refractivity contribution in [3.63, 3.8) is 0 Å². The molecule has 9 heteroatoms. The van der Waals surface area contributed by atoms with Gasteiger partial charge in [-0.3, -0.25) is 9.69 Å². The first-order valence-corrected chi connectivity index (χ1v) is 8.45. The zero-order valence-corrected chi connectivity index (χ0v) is 14.8. The summed E-state index contributed by atoms with van der Waals surface area (Å²) < 4.78 is 10.6. The summed E-state index contributed by atoms with van der Waals surface area (Å²) in [5.74, 6) is -1.06. The van der Waals surface area contributed by atoms with Crippen LogP contribution in [0, 0.1) is 5.92 Å². The normalized spacial score (nSPS) is 27.1. The van der Waals surface area contributed by atoms with Crippen molar-refractivity contribution < 1.29 is 34.1 Å². The monoisotopic (exact) mass is 365 g/mol. The second-order valence-corrected chi connectivity index (χ2v) is 6.40. The molecule has 0 saturated carbocycles. The number of piperidine rings is 1. The molecule has 2 bridgehead atoms. The molecule has 0 spiro atoms. The van der Waals surface area contributed by atoms with Crippen molar-refractivity contribution in [2.45, 2.75) is 37.5 Å². The Labute approximate surface area is 152 Å². The Hall–Kier alpha value is -1.94. The van der Waals surface area contributed by atoms with Crippen LogP contribution in [0.1, 0.15) is 29.6 Å². The lowest BCUT2D eigenvalue weighted by atomic mass is 9.87. The molecule has 2 fully saturated rings. The number of methoxy groups -OCH3 is 1. The van der Waals surface area contributed by atoms with Gasteiger partial charge >= 0.3 is 19.3 Å². The number of hydrogen-bond donors (Lipinski definition) is 3. The van der Waals surface area contributed by atoms with E-state index < -0.39 is 19.3 Å². The molecule has 2 aliphatic rings. The molecular formula is C17H24BNO7. The van der Waals surface area contributed by atoms with Crippen LogP contribution < -0.4 is 0 Å². The first kappa shape index (κ1) is 20.4. The fourth-order valence-electron chi connectivity index (χ4n) is 3.77. The van der Waals surface area contributed by atoms with Crippen LogP contribution in [0.5, 0.6) is 0 Å². The van der Waals surface area contributed by atoms with E-state index in [9.17, 15) is 9.59 Å². The number of esters is 2. The Morgan fingerprint density at radius 1 is 1.15 bits per heavy atom. The Morgan fingerprint density at radius 2 is 1.77 bits per heavy atom. The second kappa shape index (κ2) is 9.13. The first-order valence-electron chi connectivity index (χ1n) is 8.45. The van der Waals surface area contributed by atoms with Gasteiger partial charge in [-0.15, -0.1) is 0 Å². The third-order valence-corrected chi connectivity index (χ3v) is 4.96. The fraction of sp³-hybridized carbons (Fsp3) is 0.529. The molecule has 0 radical (unpaired) electrons. The summed E-state index contributed by atoms with van der Waals surface area (Å²) in [4.78, 5) is 26.7. The molecular weight excluding hydrogens is 341 g/mol. The van der Waals surface area contributed by atoms with Crippen LogP contribution in [-0.2, 0) is 14.3 Å². The number of carbonyl (C=O) groups is 2. The van der Waals surface area contributed by atoms with E-state index in [-0.39, 0.29) is 18.0 Å². The average Bonchev–Trinajstić information content (AvgIpc) is 2.85. The quantitative estimate of drug-likeness (QED) is 0.499. The van der Waals surface area contributed by atoms with Crippen LogP contribution in [-0.4, -0.2) is 71.6 Å². The van der Waals surface area contributed by atoms with Gasteiger partial charge in [0.25, 0.3) is 0 Å². The van der Waals surface area contributed by atoms with E-state index >= 15 is 0 Å². The highest BCUT2D eigenvalue weighted by atomic mass is 16.6. The Kier molecular flexibility index (Phi) is 7.16. The largest absolute Gasteiger partial charge is 0.631 e. The molecule has 2 aliphatic heterocycles. The van der Waals surface area contributed by atoms with E-state index in [4.69, 9.17) is 24.5 Å².